The number of benzene rings is 1. The summed E-state index contributed by atoms with van der Waals surface area (Å²) >= 11 is 0. The molecule has 2 atom stereocenters. The third-order valence-electron chi connectivity index (χ3n) is 5.34. The third-order valence-corrected chi connectivity index (χ3v) is 5.34. The van der Waals surface area contributed by atoms with Crippen molar-refractivity contribution in [2.75, 3.05) is 20.7 Å². The minimum atomic E-state index is -0.152. The van der Waals surface area contributed by atoms with Crippen LogP contribution < -0.4 is 20.9 Å². The molecule has 132 valence electrons. The van der Waals surface area contributed by atoms with E-state index in [2.05, 4.69) is 34.3 Å². The Kier molecular flexibility index (Phi) is 3.68. The van der Waals surface area contributed by atoms with Crippen LogP contribution in [0.3, 0.4) is 0 Å². The van der Waals surface area contributed by atoms with Crippen LogP contribution in [0.2, 0.25) is 0 Å². The Hall–Kier alpha value is -2.54. The van der Waals surface area contributed by atoms with Crippen molar-refractivity contribution in [2.45, 2.75) is 30.9 Å². The van der Waals surface area contributed by atoms with Crippen LogP contribution in [0.25, 0.3) is 0 Å². The van der Waals surface area contributed by atoms with Crippen LogP contribution in [0.1, 0.15) is 24.0 Å². The molecule has 7 nitrogen and oxygen atoms in total. The van der Waals surface area contributed by atoms with Gasteiger partial charge in [-0.3, -0.25) is 0 Å². The Morgan fingerprint density at radius 1 is 1.40 bits per heavy atom. The van der Waals surface area contributed by atoms with Crippen molar-refractivity contribution in [1.82, 2.24) is 4.90 Å². The normalized spacial score (nSPS) is 28.7. The maximum Gasteiger partial charge on any atom is 0.211 e. The molecule has 0 saturated heterocycles. The predicted octanol–water partition coefficient (Wildman–Crippen LogP) is 1.12. The van der Waals surface area contributed by atoms with Gasteiger partial charge in [-0.2, -0.15) is 5.10 Å². The fourth-order valence-corrected chi connectivity index (χ4v) is 4.16. The number of guanidine groups is 1. The van der Waals surface area contributed by atoms with E-state index < -0.39 is 0 Å². The number of hydrogen-bond donors (Lipinski definition) is 2. The van der Waals surface area contributed by atoms with Gasteiger partial charge in [0.05, 0.1) is 18.2 Å². The first-order valence-corrected chi connectivity index (χ1v) is 8.44. The van der Waals surface area contributed by atoms with Gasteiger partial charge in [0.1, 0.15) is 6.10 Å². The van der Waals surface area contributed by atoms with E-state index in [9.17, 15) is 0 Å². The molecule has 3 aliphatic rings. The molecular weight excluding hydrogens is 318 g/mol. The van der Waals surface area contributed by atoms with Crippen LogP contribution in [0, 0.1) is 0 Å². The third kappa shape index (κ3) is 2.46. The number of nitrogens with two attached hydrogens (primary N) is 2. The largest absolute Gasteiger partial charge is 0.493 e. The molecule has 25 heavy (non-hydrogen) atoms. The number of rotatable bonds is 2. The number of hydrogen-bond acceptors (Lipinski definition) is 5. The molecular formula is C18H23N5O2. The Bertz CT molecular complexity index is 797. The molecule has 7 heteroatoms. The molecule has 0 radical (unpaired) electrons. The highest BCUT2D eigenvalue weighted by Crippen LogP contribution is 2.55. The van der Waals surface area contributed by atoms with E-state index in [4.69, 9.17) is 20.9 Å². The van der Waals surface area contributed by atoms with Crippen LogP contribution in [0.15, 0.2) is 34.5 Å². The highest BCUT2D eigenvalue weighted by Gasteiger charge is 2.52. The van der Waals surface area contributed by atoms with Gasteiger partial charge in [-0.25, -0.2) is 0 Å². The first kappa shape index (κ1) is 16.0. The molecule has 4 rings (SSSR count). The smallest absolute Gasteiger partial charge is 0.211 e. The van der Waals surface area contributed by atoms with E-state index in [1.807, 2.05) is 12.1 Å². The first-order chi connectivity index (χ1) is 12.0. The molecule has 0 amide bonds. The standard InChI is InChI=1S/C18H23N5O2/c1-23-8-7-18-6-5-12(21-22-17(19)20)9-14(18)25-16-13(24-2)4-3-11(10-23)15(16)18/h3-6,14H,7-10H2,1-2H3,(H4,19,20,22). The van der Waals surface area contributed by atoms with Crippen LogP contribution in [0.4, 0.5) is 0 Å². The van der Waals surface area contributed by atoms with E-state index in [1.165, 1.54) is 11.1 Å². The van der Waals surface area contributed by atoms with E-state index in [0.717, 1.165) is 36.7 Å². The second-order valence-corrected chi connectivity index (χ2v) is 6.92. The SMILES string of the molecule is COc1ccc2c3c1OC1CC(=NN=C(N)N)C=CC31CCN(C)C2. The van der Waals surface area contributed by atoms with E-state index in [0.29, 0.717) is 6.42 Å². The maximum atomic E-state index is 6.39. The molecule has 0 fully saturated rings. The quantitative estimate of drug-likeness (QED) is 0.477. The second kappa shape index (κ2) is 5.77. The van der Waals surface area contributed by atoms with Gasteiger partial charge in [-0.1, -0.05) is 12.1 Å². The monoisotopic (exact) mass is 341 g/mol. The van der Waals surface area contributed by atoms with Crippen molar-refractivity contribution in [3.8, 4) is 11.5 Å². The van der Waals surface area contributed by atoms with Gasteiger partial charge < -0.3 is 25.8 Å². The Labute approximate surface area is 147 Å². The second-order valence-electron chi connectivity index (χ2n) is 6.92. The summed E-state index contributed by atoms with van der Waals surface area (Å²) in [5.41, 5.74) is 14.0. The van der Waals surface area contributed by atoms with Crippen molar-refractivity contribution >= 4 is 11.7 Å². The lowest BCUT2D eigenvalue weighted by atomic mass is 9.69. The summed E-state index contributed by atoms with van der Waals surface area (Å²) < 4.78 is 11.9. The molecule has 2 aliphatic heterocycles. The fraction of sp³-hybridized carbons (Fsp3) is 0.444. The molecule has 1 aliphatic carbocycles. The maximum absolute atomic E-state index is 6.39. The van der Waals surface area contributed by atoms with Gasteiger partial charge in [-0.15, -0.1) is 5.10 Å². The Balaban J connectivity index is 1.84. The molecule has 0 aromatic heterocycles. The zero-order valence-corrected chi connectivity index (χ0v) is 14.5. The minimum Gasteiger partial charge on any atom is -0.493 e. The molecule has 4 N–H and O–H groups in total. The van der Waals surface area contributed by atoms with Crippen LogP contribution in [0.5, 0.6) is 11.5 Å². The summed E-state index contributed by atoms with van der Waals surface area (Å²) in [6.45, 7) is 1.91. The van der Waals surface area contributed by atoms with Crippen molar-refractivity contribution < 1.29 is 9.47 Å². The molecule has 0 saturated carbocycles. The summed E-state index contributed by atoms with van der Waals surface area (Å²) in [6, 6.07) is 4.15. The summed E-state index contributed by atoms with van der Waals surface area (Å²) in [7, 11) is 3.84. The highest BCUT2D eigenvalue weighted by atomic mass is 16.5. The minimum absolute atomic E-state index is 0.0259. The van der Waals surface area contributed by atoms with Gasteiger partial charge in [0, 0.05) is 18.5 Å². The summed E-state index contributed by atoms with van der Waals surface area (Å²) in [4.78, 5) is 2.35. The fourth-order valence-electron chi connectivity index (χ4n) is 4.16. The van der Waals surface area contributed by atoms with E-state index >= 15 is 0 Å². The Morgan fingerprint density at radius 2 is 2.24 bits per heavy atom. The number of allylic oxidation sites excluding steroid dienone is 1. The lowest BCUT2D eigenvalue weighted by Gasteiger charge is -2.34. The Morgan fingerprint density at radius 3 is 3.00 bits per heavy atom. The predicted molar refractivity (Wildman–Crippen MR) is 97.0 cm³/mol. The van der Waals surface area contributed by atoms with Crippen molar-refractivity contribution in [3.63, 3.8) is 0 Å². The van der Waals surface area contributed by atoms with Crippen LogP contribution in [-0.4, -0.2) is 43.4 Å². The van der Waals surface area contributed by atoms with Crippen molar-refractivity contribution in [1.29, 1.82) is 0 Å². The molecule has 1 aromatic rings. The molecule has 1 aromatic carbocycles. The van der Waals surface area contributed by atoms with Gasteiger partial charge in [0.15, 0.2) is 11.5 Å². The average Bonchev–Trinajstić information content (AvgIpc) is 2.85. The van der Waals surface area contributed by atoms with E-state index in [-0.39, 0.29) is 17.5 Å². The lowest BCUT2D eigenvalue weighted by molar-refractivity contribution is 0.158. The summed E-state index contributed by atoms with van der Waals surface area (Å²) in [5, 5.41) is 7.92. The van der Waals surface area contributed by atoms with Crippen molar-refractivity contribution in [3.05, 3.63) is 35.4 Å². The van der Waals surface area contributed by atoms with E-state index in [1.54, 1.807) is 7.11 Å². The van der Waals surface area contributed by atoms with Crippen LogP contribution in [-0.2, 0) is 12.0 Å². The number of methoxy groups -OCH3 is 1. The average molecular weight is 341 g/mol. The van der Waals surface area contributed by atoms with Crippen molar-refractivity contribution in [2.24, 2.45) is 21.7 Å². The number of nitrogens with zero attached hydrogens (tertiary/aromatic N) is 3. The molecule has 0 bridgehead atoms. The molecule has 1 spiro atoms. The first-order valence-electron chi connectivity index (χ1n) is 8.44. The zero-order valence-electron chi connectivity index (χ0n) is 14.5. The van der Waals surface area contributed by atoms with Gasteiger partial charge in [-0.05, 0) is 37.7 Å². The highest BCUT2D eigenvalue weighted by molar-refractivity contribution is 5.97. The van der Waals surface area contributed by atoms with Gasteiger partial charge >= 0.3 is 0 Å². The topological polar surface area (TPSA) is 98.5 Å². The molecule has 2 unspecified atom stereocenters. The molecule has 2 heterocycles. The lowest BCUT2D eigenvalue weighted by Crippen LogP contribution is -2.41. The number of ether oxygens (including phenoxy) is 2. The van der Waals surface area contributed by atoms with Crippen LogP contribution >= 0.6 is 0 Å². The van der Waals surface area contributed by atoms with Gasteiger partial charge in [0.25, 0.3) is 0 Å². The summed E-state index contributed by atoms with van der Waals surface area (Å²) in [6.07, 6.45) is 5.87. The van der Waals surface area contributed by atoms with Gasteiger partial charge in [0.2, 0.25) is 5.96 Å². The summed E-state index contributed by atoms with van der Waals surface area (Å²) in [5.74, 6) is 1.61. The zero-order chi connectivity index (χ0) is 17.6.